The Morgan fingerprint density at radius 1 is 0.929 bits per heavy atom. The Morgan fingerprint density at radius 2 is 1.62 bits per heavy atom. The number of aliphatic carboxylic acids is 1. The van der Waals surface area contributed by atoms with E-state index in [9.17, 15) is 28.2 Å². The van der Waals surface area contributed by atoms with Gasteiger partial charge in [-0.3, -0.25) is 14.6 Å². The molecule has 0 amide bonds. The van der Waals surface area contributed by atoms with Crippen molar-refractivity contribution < 1.29 is 37.3 Å². The molecule has 13 heteroatoms. The van der Waals surface area contributed by atoms with Gasteiger partial charge in [-0.15, -0.1) is 0 Å². The van der Waals surface area contributed by atoms with Gasteiger partial charge < -0.3 is 20.3 Å². The SMILES string of the molecule is COc1cc(/C=C/c2cccc(-c3cccc(Nc4nccc5cc(CN6CC[C@@H](O)C6)c(C(F)(F)F)nc45)c3C)c2C)c(F)cc1CN1CC[C@@H](C(=O)O)C1. The van der Waals surface area contributed by atoms with Gasteiger partial charge in [0.1, 0.15) is 22.8 Å². The van der Waals surface area contributed by atoms with Crippen LogP contribution in [0.25, 0.3) is 34.2 Å². The first-order valence-corrected chi connectivity index (χ1v) is 18.5. The lowest BCUT2D eigenvalue weighted by Gasteiger charge is -2.20. The number of aliphatic hydroxyl groups excluding tert-OH is 1. The number of nitrogens with one attached hydrogen (secondary N) is 1. The van der Waals surface area contributed by atoms with Gasteiger partial charge in [-0.25, -0.2) is 14.4 Å². The second-order valence-corrected chi connectivity index (χ2v) is 14.6. The van der Waals surface area contributed by atoms with E-state index < -0.39 is 35.7 Å². The van der Waals surface area contributed by atoms with Crippen LogP contribution in [0.5, 0.6) is 5.75 Å². The standard InChI is InChI=1S/C43H43F4N5O4/c1-25-27(10-11-28-20-38(56-3)31(19-36(28)44)22-51-16-13-30(21-51)42(54)55)6-4-7-34(25)35-8-5-9-37(26(35)2)49-41-39-29(12-15-48-41)18-32(40(50-39)43(45,46)47)23-52-17-14-33(53)24-52/h4-12,15,18-20,30,33,53H,13-14,16-17,21-24H2,1-3H3,(H,48,49)(H,54,55)/b11-10+/t30-,33-/m1/s1. The zero-order valence-corrected chi connectivity index (χ0v) is 31.3. The van der Waals surface area contributed by atoms with E-state index in [1.165, 1.54) is 25.4 Å². The van der Waals surface area contributed by atoms with Crippen molar-refractivity contribution in [3.8, 4) is 16.9 Å². The minimum Gasteiger partial charge on any atom is -0.496 e. The topological polar surface area (TPSA) is 111 Å². The number of carbonyl (C=O) groups is 1. The lowest BCUT2D eigenvalue weighted by atomic mass is 9.92. The van der Waals surface area contributed by atoms with Gasteiger partial charge in [0.15, 0.2) is 5.82 Å². The highest BCUT2D eigenvalue weighted by molar-refractivity contribution is 5.91. The van der Waals surface area contributed by atoms with Gasteiger partial charge in [0.2, 0.25) is 0 Å². The Hall–Kier alpha value is -5.37. The number of carboxylic acid groups (broad SMARTS) is 1. The molecular weight excluding hydrogens is 726 g/mol. The Morgan fingerprint density at radius 3 is 2.32 bits per heavy atom. The highest BCUT2D eigenvalue weighted by Gasteiger charge is 2.37. The summed E-state index contributed by atoms with van der Waals surface area (Å²) in [5.41, 5.74) is 5.27. The third-order valence-corrected chi connectivity index (χ3v) is 10.8. The predicted octanol–water partition coefficient (Wildman–Crippen LogP) is 8.47. The van der Waals surface area contributed by atoms with Crippen molar-refractivity contribution in [2.45, 2.75) is 52.1 Å². The van der Waals surface area contributed by atoms with Gasteiger partial charge in [0, 0.05) is 61.1 Å². The Labute approximate surface area is 322 Å². The summed E-state index contributed by atoms with van der Waals surface area (Å²) in [6.07, 6.45) is 0.909. The fraction of sp³-hybridized carbons (Fsp3) is 0.326. The third kappa shape index (κ3) is 8.25. The quantitative estimate of drug-likeness (QED) is 0.0901. The monoisotopic (exact) mass is 769 g/mol. The highest BCUT2D eigenvalue weighted by Crippen LogP contribution is 2.38. The van der Waals surface area contributed by atoms with E-state index in [-0.39, 0.29) is 23.4 Å². The molecule has 5 aromatic rings. The number of aliphatic hydroxyl groups is 1. The molecule has 3 N–H and O–H groups in total. The number of likely N-dealkylation sites (tertiary alicyclic amines) is 2. The lowest BCUT2D eigenvalue weighted by Crippen LogP contribution is -2.24. The number of pyridine rings is 2. The Kier molecular flexibility index (Phi) is 11.1. The third-order valence-electron chi connectivity index (χ3n) is 10.8. The van der Waals surface area contributed by atoms with Crippen molar-refractivity contribution in [1.29, 1.82) is 0 Å². The van der Waals surface area contributed by atoms with Gasteiger partial charge in [-0.05, 0) is 96.9 Å². The molecule has 0 aliphatic carbocycles. The maximum atomic E-state index is 15.5. The van der Waals surface area contributed by atoms with E-state index in [0.717, 1.165) is 27.8 Å². The van der Waals surface area contributed by atoms with E-state index in [4.69, 9.17) is 4.74 Å². The number of methoxy groups -OCH3 is 1. The van der Waals surface area contributed by atoms with Gasteiger partial charge in [0.25, 0.3) is 0 Å². The van der Waals surface area contributed by atoms with Crippen LogP contribution in [0, 0.1) is 25.6 Å². The van der Waals surface area contributed by atoms with Crippen molar-refractivity contribution >= 4 is 40.5 Å². The second-order valence-electron chi connectivity index (χ2n) is 14.6. The molecule has 0 radical (unpaired) electrons. The first-order valence-electron chi connectivity index (χ1n) is 18.5. The number of anilines is 2. The molecule has 2 saturated heterocycles. The summed E-state index contributed by atoms with van der Waals surface area (Å²) in [7, 11) is 1.53. The zero-order chi connectivity index (χ0) is 39.7. The summed E-state index contributed by atoms with van der Waals surface area (Å²) in [4.78, 5) is 23.7. The van der Waals surface area contributed by atoms with Gasteiger partial charge in [0.05, 0.1) is 19.1 Å². The number of nitrogens with zero attached hydrogens (tertiary/aromatic N) is 4. The van der Waals surface area contributed by atoms with Crippen LogP contribution in [0.1, 0.15) is 51.9 Å². The molecule has 292 valence electrons. The molecule has 56 heavy (non-hydrogen) atoms. The van der Waals surface area contributed by atoms with Crippen molar-refractivity contribution in [3.63, 3.8) is 0 Å². The number of β-amino-alcohol motifs (C(OH)–C–C–N with tert-alkyl or cyclic N) is 1. The van der Waals surface area contributed by atoms with Crippen LogP contribution < -0.4 is 10.1 Å². The molecule has 9 nitrogen and oxygen atoms in total. The largest absolute Gasteiger partial charge is 0.496 e. The summed E-state index contributed by atoms with van der Waals surface area (Å²) >= 11 is 0. The minimum atomic E-state index is -4.69. The van der Waals surface area contributed by atoms with Crippen LogP contribution in [0.4, 0.5) is 29.1 Å². The smallest absolute Gasteiger partial charge is 0.433 e. The van der Waals surface area contributed by atoms with Crippen LogP contribution in [0.15, 0.2) is 66.9 Å². The van der Waals surface area contributed by atoms with Crippen molar-refractivity contribution in [3.05, 3.63) is 112 Å². The van der Waals surface area contributed by atoms with Gasteiger partial charge in [-0.2, -0.15) is 13.2 Å². The lowest BCUT2D eigenvalue weighted by molar-refractivity contribution is -0.142. The number of aromatic nitrogens is 2. The second kappa shape index (κ2) is 16.0. The van der Waals surface area contributed by atoms with E-state index in [1.807, 2.05) is 61.2 Å². The summed E-state index contributed by atoms with van der Waals surface area (Å²) in [5.74, 6) is -0.963. The molecule has 0 spiro atoms. The van der Waals surface area contributed by atoms with E-state index in [0.29, 0.717) is 73.5 Å². The molecular formula is C43H43F4N5O4. The molecule has 2 aliphatic rings. The summed E-state index contributed by atoms with van der Waals surface area (Å²) in [6, 6.07) is 17.8. The van der Waals surface area contributed by atoms with E-state index >= 15 is 4.39 Å². The molecule has 3 aromatic carbocycles. The van der Waals surface area contributed by atoms with Gasteiger partial charge >= 0.3 is 12.1 Å². The van der Waals surface area contributed by atoms with Crippen LogP contribution >= 0.6 is 0 Å². The molecule has 0 bridgehead atoms. The number of hydrogen-bond donors (Lipinski definition) is 3. The van der Waals surface area contributed by atoms with Crippen LogP contribution in [0.3, 0.4) is 0 Å². The summed E-state index contributed by atoms with van der Waals surface area (Å²) in [6.45, 7) is 6.16. The number of hydrogen-bond acceptors (Lipinski definition) is 8. The van der Waals surface area contributed by atoms with Crippen LogP contribution in [-0.4, -0.2) is 75.3 Å². The first-order chi connectivity index (χ1) is 26.8. The van der Waals surface area contributed by atoms with Gasteiger partial charge in [-0.1, -0.05) is 42.5 Å². The number of alkyl halides is 3. The number of fused-ring (bicyclic) bond motifs is 1. The molecule has 2 aliphatic heterocycles. The summed E-state index contributed by atoms with van der Waals surface area (Å²) in [5, 5.41) is 23.0. The number of carboxylic acids is 1. The molecule has 0 saturated carbocycles. The Balaban J connectivity index is 1.14. The number of rotatable bonds is 11. The average Bonchev–Trinajstić information content (AvgIpc) is 3.81. The Bertz CT molecular complexity index is 2310. The molecule has 2 aromatic heterocycles. The first kappa shape index (κ1) is 38.9. The number of ether oxygens (including phenoxy) is 1. The average molecular weight is 770 g/mol. The van der Waals surface area contributed by atoms with Crippen LogP contribution in [-0.2, 0) is 24.1 Å². The zero-order valence-electron chi connectivity index (χ0n) is 31.3. The molecule has 7 rings (SSSR count). The molecule has 0 unspecified atom stereocenters. The maximum absolute atomic E-state index is 15.5. The van der Waals surface area contributed by atoms with Crippen molar-refractivity contribution in [2.24, 2.45) is 5.92 Å². The number of halogens is 4. The highest BCUT2D eigenvalue weighted by atomic mass is 19.4. The minimum absolute atomic E-state index is 0.0286. The van der Waals surface area contributed by atoms with E-state index in [2.05, 4.69) is 15.3 Å². The van der Waals surface area contributed by atoms with E-state index in [1.54, 1.807) is 23.1 Å². The normalized spacial score (nSPS) is 18.0. The van der Waals surface area contributed by atoms with Crippen LogP contribution in [0.2, 0.25) is 0 Å². The fourth-order valence-corrected chi connectivity index (χ4v) is 7.76. The molecule has 2 fully saturated rings. The summed E-state index contributed by atoms with van der Waals surface area (Å²) < 4.78 is 64.2. The number of benzene rings is 3. The predicted molar refractivity (Wildman–Crippen MR) is 208 cm³/mol. The van der Waals surface area contributed by atoms with Crippen molar-refractivity contribution in [1.82, 2.24) is 19.8 Å². The maximum Gasteiger partial charge on any atom is 0.433 e. The fourth-order valence-electron chi connectivity index (χ4n) is 7.76. The van der Waals surface area contributed by atoms with Crippen molar-refractivity contribution in [2.75, 3.05) is 38.6 Å². The molecule has 4 heterocycles. The molecule has 2 atom stereocenters.